The fourth-order valence-electron chi connectivity index (χ4n) is 1.18. The van der Waals surface area contributed by atoms with Gasteiger partial charge in [0.25, 0.3) is 0 Å². The van der Waals surface area contributed by atoms with Gasteiger partial charge < -0.3 is 5.73 Å². The molecule has 0 aliphatic carbocycles. The lowest BCUT2D eigenvalue weighted by atomic mass is 10.2. The van der Waals surface area contributed by atoms with Crippen molar-refractivity contribution in [3.8, 4) is 0 Å². The summed E-state index contributed by atoms with van der Waals surface area (Å²) in [5.41, 5.74) is 6.20. The monoisotopic (exact) mass is 271 g/mol. The number of hydrazine groups is 1. The summed E-state index contributed by atoms with van der Waals surface area (Å²) >= 11 is 0. The summed E-state index contributed by atoms with van der Waals surface area (Å²) in [5.74, 6) is 5.22. The van der Waals surface area contributed by atoms with E-state index in [0.29, 0.717) is 6.54 Å². The fourth-order valence-corrected chi connectivity index (χ4v) is 1.18. The SMILES string of the molecule is CCCCCN(N)C(N)=O.Cc1ccccc1.S. The highest BCUT2D eigenvalue weighted by atomic mass is 32.1. The molecular weight excluding hydrogens is 246 g/mol. The molecule has 0 spiro atoms. The highest BCUT2D eigenvalue weighted by molar-refractivity contribution is 7.59. The second kappa shape index (κ2) is 12.3. The minimum absolute atomic E-state index is 0. The molecule has 0 radical (unpaired) electrons. The van der Waals surface area contributed by atoms with Gasteiger partial charge in [-0.2, -0.15) is 13.5 Å². The number of hydrogen-bond donors (Lipinski definition) is 2. The Bertz CT molecular complexity index is 306. The zero-order valence-corrected chi connectivity index (χ0v) is 12.2. The van der Waals surface area contributed by atoms with Gasteiger partial charge in [0.2, 0.25) is 0 Å². The summed E-state index contributed by atoms with van der Waals surface area (Å²) in [6.07, 6.45) is 3.13. The van der Waals surface area contributed by atoms with E-state index in [2.05, 4.69) is 26.0 Å². The average molecular weight is 271 g/mol. The minimum atomic E-state index is -0.559. The van der Waals surface area contributed by atoms with Crippen LogP contribution in [0.3, 0.4) is 0 Å². The molecule has 0 saturated heterocycles. The van der Waals surface area contributed by atoms with Crippen LogP contribution in [0.1, 0.15) is 31.7 Å². The van der Waals surface area contributed by atoms with Crippen LogP contribution in [0.2, 0.25) is 0 Å². The second-order valence-electron chi connectivity index (χ2n) is 3.89. The lowest BCUT2D eigenvalue weighted by molar-refractivity contribution is 0.207. The number of rotatable bonds is 4. The summed E-state index contributed by atoms with van der Waals surface area (Å²) in [7, 11) is 0. The Morgan fingerprint density at radius 2 is 1.78 bits per heavy atom. The van der Waals surface area contributed by atoms with Gasteiger partial charge in [0, 0.05) is 6.54 Å². The third-order valence-corrected chi connectivity index (χ3v) is 2.23. The first-order valence-electron chi connectivity index (χ1n) is 5.91. The summed E-state index contributed by atoms with van der Waals surface area (Å²) in [5, 5.41) is 1.04. The van der Waals surface area contributed by atoms with Crippen molar-refractivity contribution >= 4 is 19.5 Å². The molecule has 4 nitrogen and oxygen atoms in total. The topological polar surface area (TPSA) is 72.3 Å². The predicted molar refractivity (Wildman–Crippen MR) is 81.6 cm³/mol. The van der Waals surface area contributed by atoms with E-state index in [0.717, 1.165) is 24.3 Å². The van der Waals surface area contributed by atoms with E-state index in [1.54, 1.807) is 0 Å². The molecule has 4 N–H and O–H groups in total. The van der Waals surface area contributed by atoms with Crippen LogP contribution in [-0.2, 0) is 0 Å². The third-order valence-electron chi connectivity index (χ3n) is 2.23. The van der Waals surface area contributed by atoms with Crippen LogP contribution in [0.25, 0.3) is 0 Å². The molecule has 5 heteroatoms. The average Bonchev–Trinajstić information content (AvgIpc) is 2.31. The van der Waals surface area contributed by atoms with Crippen molar-refractivity contribution in [3.63, 3.8) is 0 Å². The van der Waals surface area contributed by atoms with Gasteiger partial charge in [0.05, 0.1) is 0 Å². The van der Waals surface area contributed by atoms with Gasteiger partial charge in [-0.05, 0) is 13.3 Å². The molecule has 0 atom stereocenters. The van der Waals surface area contributed by atoms with Crippen LogP contribution >= 0.6 is 13.5 Å². The number of carbonyl (C=O) groups excluding carboxylic acids is 1. The number of urea groups is 1. The Hall–Kier alpha value is -1.20. The number of benzene rings is 1. The number of hydrogen-bond acceptors (Lipinski definition) is 2. The van der Waals surface area contributed by atoms with Gasteiger partial charge in [-0.3, -0.25) is 5.01 Å². The molecule has 1 aromatic carbocycles. The standard InChI is InChI=1S/C7H8.C6H15N3O.H2S/c1-7-5-3-2-4-6-7;1-2-3-4-5-9(8)6(7)10;/h2-6H,1H3;2-5,8H2,1H3,(H2,7,10);1H2. The maximum absolute atomic E-state index is 10.3. The number of nitrogens with two attached hydrogens (primary N) is 2. The minimum Gasteiger partial charge on any atom is -0.350 e. The van der Waals surface area contributed by atoms with Crippen molar-refractivity contribution in [2.24, 2.45) is 11.6 Å². The Morgan fingerprint density at radius 3 is 2.11 bits per heavy atom. The summed E-state index contributed by atoms with van der Waals surface area (Å²) in [4.78, 5) is 10.3. The Kier molecular flexibility index (Phi) is 13.0. The maximum atomic E-state index is 10.3. The molecule has 2 amide bonds. The van der Waals surface area contributed by atoms with Gasteiger partial charge in [0.15, 0.2) is 0 Å². The van der Waals surface area contributed by atoms with Crippen molar-refractivity contribution in [3.05, 3.63) is 35.9 Å². The highest BCUT2D eigenvalue weighted by Crippen LogP contribution is 1.94. The Morgan fingerprint density at radius 1 is 1.22 bits per heavy atom. The number of nitrogens with zero attached hydrogens (tertiary/aromatic N) is 1. The fraction of sp³-hybridized carbons (Fsp3) is 0.462. The van der Waals surface area contributed by atoms with Crippen molar-refractivity contribution in [1.82, 2.24) is 5.01 Å². The number of primary amides is 1. The first-order chi connectivity index (χ1) is 8.07. The highest BCUT2D eigenvalue weighted by Gasteiger charge is 2.00. The molecular formula is C13H25N3OS. The van der Waals surface area contributed by atoms with E-state index in [-0.39, 0.29) is 13.5 Å². The molecule has 1 aromatic rings. The third kappa shape index (κ3) is 11.3. The predicted octanol–water partition coefficient (Wildman–Crippen LogP) is 2.54. The lowest BCUT2D eigenvalue weighted by Crippen LogP contribution is -2.41. The Balaban J connectivity index is 0. The number of unbranched alkanes of at least 4 members (excludes halogenated alkanes) is 2. The molecule has 1 rings (SSSR count). The van der Waals surface area contributed by atoms with Crippen molar-refractivity contribution < 1.29 is 4.79 Å². The van der Waals surface area contributed by atoms with E-state index in [1.807, 2.05) is 18.2 Å². The lowest BCUT2D eigenvalue weighted by Gasteiger charge is -2.12. The maximum Gasteiger partial charge on any atom is 0.328 e. The first-order valence-corrected chi connectivity index (χ1v) is 5.91. The molecule has 0 heterocycles. The van der Waals surface area contributed by atoms with E-state index in [1.165, 1.54) is 5.56 Å². The van der Waals surface area contributed by atoms with E-state index < -0.39 is 6.03 Å². The molecule has 0 aromatic heterocycles. The van der Waals surface area contributed by atoms with Gasteiger partial charge in [0.1, 0.15) is 0 Å². The first kappa shape index (κ1) is 19.1. The second-order valence-corrected chi connectivity index (χ2v) is 3.89. The summed E-state index contributed by atoms with van der Waals surface area (Å²) in [6, 6.07) is 9.70. The zero-order valence-electron chi connectivity index (χ0n) is 11.2. The van der Waals surface area contributed by atoms with Crippen LogP contribution in [0.15, 0.2) is 30.3 Å². The Labute approximate surface area is 117 Å². The normalized spacial score (nSPS) is 8.61. The number of aryl methyl sites for hydroxylation is 1. The van der Waals surface area contributed by atoms with E-state index in [4.69, 9.17) is 11.6 Å². The van der Waals surface area contributed by atoms with Gasteiger partial charge in [-0.15, -0.1) is 0 Å². The molecule has 0 aliphatic rings. The molecule has 0 aliphatic heterocycles. The number of carbonyl (C=O) groups is 1. The molecule has 0 unspecified atom stereocenters. The van der Waals surface area contributed by atoms with Crippen LogP contribution in [0, 0.1) is 6.92 Å². The van der Waals surface area contributed by atoms with Gasteiger partial charge >= 0.3 is 6.03 Å². The quantitative estimate of drug-likeness (QED) is 0.382. The van der Waals surface area contributed by atoms with Crippen molar-refractivity contribution in [2.45, 2.75) is 33.1 Å². The zero-order chi connectivity index (χ0) is 13.1. The largest absolute Gasteiger partial charge is 0.350 e. The molecule has 104 valence electrons. The number of amides is 2. The molecule has 18 heavy (non-hydrogen) atoms. The van der Waals surface area contributed by atoms with E-state index >= 15 is 0 Å². The molecule has 0 bridgehead atoms. The van der Waals surface area contributed by atoms with Gasteiger partial charge in [-0.1, -0.05) is 55.7 Å². The molecule has 0 fully saturated rings. The smallest absolute Gasteiger partial charge is 0.328 e. The van der Waals surface area contributed by atoms with Crippen LogP contribution in [-0.4, -0.2) is 17.6 Å². The molecule has 0 saturated carbocycles. The van der Waals surface area contributed by atoms with E-state index in [9.17, 15) is 4.79 Å². The summed E-state index contributed by atoms with van der Waals surface area (Å²) < 4.78 is 0. The van der Waals surface area contributed by atoms with Crippen molar-refractivity contribution in [1.29, 1.82) is 0 Å². The van der Waals surface area contributed by atoms with Crippen LogP contribution in [0.5, 0.6) is 0 Å². The van der Waals surface area contributed by atoms with Crippen LogP contribution < -0.4 is 11.6 Å². The van der Waals surface area contributed by atoms with Gasteiger partial charge in [-0.25, -0.2) is 10.6 Å². The van der Waals surface area contributed by atoms with Crippen LogP contribution in [0.4, 0.5) is 4.79 Å². The van der Waals surface area contributed by atoms with Crippen molar-refractivity contribution in [2.75, 3.05) is 6.54 Å². The summed E-state index contributed by atoms with van der Waals surface area (Å²) in [6.45, 7) is 4.73.